The molecule has 0 bridgehead atoms. The molecule has 1 aliphatic heterocycles. The van der Waals surface area contributed by atoms with Crippen LogP contribution in [0, 0.1) is 0 Å². The van der Waals surface area contributed by atoms with Gasteiger partial charge < -0.3 is 9.84 Å². The third-order valence-corrected chi connectivity index (χ3v) is 4.52. The molecule has 0 spiro atoms. The molecular weight excluding hydrogens is 250 g/mol. The fraction of sp³-hybridized carbons (Fsp3) is 0.647. The topological polar surface area (TPSA) is 32.7 Å². The summed E-state index contributed by atoms with van der Waals surface area (Å²) in [6, 6.07) is 6.20. The van der Waals surface area contributed by atoms with Crippen LogP contribution < -0.4 is 4.74 Å². The Morgan fingerprint density at radius 1 is 1.15 bits per heavy atom. The summed E-state index contributed by atoms with van der Waals surface area (Å²) >= 11 is 0. The third-order valence-electron chi connectivity index (χ3n) is 4.52. The maximum absolute atomic E-state index is 10.1. The molecule has 3 rings (SSSR count). The first-order chi connectivity index (χ1) is 9.83. The lowest BCUT2D eigenvalue weighted by Crippen LogP contribution is -2.33. The van der Waals surface area contributed by atoms with E-state index in [1.54, 1.807) is 0 Å². The molecule has 1 aliphatic carbocycles. The Balaban J connectivity index is 1.53. The molecule has 0 radical (unpaired) electrons. The number of hydrogen-bond donors (Lipinski definition) is 1. The molecule has 0 unspecified atom stereocenters. The number of aliphatic hydroxyl groups is 1. The van der Waals surface area contributed by atoms with Crippen LogP contribution in [0.25, 0.3) is 0 Å². The summed E-state index contributed by atoms with van der Waals surface area (Å²) in [6.07, 6.45) is 6.77. The molecule has 1 saturated heterocycles. The lowest BCUT2D eigenvalue weighted by molar-refractivity contribution is 0.155. The Kier molecular flexibility index (Phi) is 4.58. The summed E-state index contributed by atoms with van der Waals surface area (Å²) in [6.45, 7) is 4.19. The second kappa shape index (κ2) is 6.59. The molecule has 3 heteroatoms. The highest BCUT2D eigenvalue weighted by molar-refractivity contribution is 5.38. The van der Waals surface area contributed by atoms with Gasteiger partial charge in [-0.25, -0.2) is 0 Å². The van der Waals surface area contributed by atoms with Crippen LogP contribution in [0.4, 0.5) is 0 Å². The SMILES string of the molecule is O[C@@H]1CCCc2ccc(OCCN3CCCCC3)cc21. The number of benzene rings is 1. The molecule has 1 aromatic carbocycles. The van der Waals surface area contributed by atoms with Crippen molar-refractivity contribution in [1.29, 1.82) is 0 Å². The van der Waals surface area contributed by atoms with Crippen molar-refractivity contribution in [3.05, 3.63) is 29.3 Å². The lowest BCUT2D eigenvalue weighted by Gasteiger charge is -2.26. The average molecular weight is 275 g/mol. The predicted octanol–water partition coefficient (Wildman–Crippen LogP) is 2.92. The smallest absolute Gasteiger partial charge is 0.119 e. The number of likely N-dealkylation sites (tertiary alicyclic amines) is 1. The van der Waals surface area contributed by atoms with E-state index in [4.69, 9.17) is 4.74 Å². The minimum atomic E-state index is -0.301. The molecule has 110 valence electrons. The normalized spacial score (nSPS) is 23.4. The van der Waals surface area contributed by atoms with E-state index >= 15 is 0 Å². The van der Waals surface area contributed by atoms with Crippen LogP contribution in [-0.2, 0) is 6.42 Å². The van der Waals surface area contributed by atoms with Gasteiger partial charge in [0, 0.05) is 6.54 Å². The number of piperidine rings is 1. The molecule has 1 heterocycles. The summed E-state index contributed by atoms with van der Waals surface area (Å²) in [5.74, 6) is 0.904. The van der Waals surface area contributed by atoms with Crippen molar-refractivity contribution >= 4 is 0 Å². The summed E-state index contributed by atoms with van der Waals surface area (Å²) < 4.78 is 5.87. The number of hydrogen-bond acceptors (Lipinski definition) is 3. The highest BCUT2D eigenvalue weighted by Gasteiger charge is 2.18. The monoisotopic (exact) mass is 275 g/mol. The van der Waals surface area contributed by atoms with E-state index in [1.807, 2.05) is 12.1 Å². The Bertz CT molecular complexity index is 441. The Hall–Kier alpha value is -1.06. The van der Waals surface area contributed by atoms with E-state index in [9.17, 15) is 5.11 Å². The van der Waals surface area contributed by atoms with Crippen LogP contribution >= 0.6 is 0 Å². The van der Waals surface area contributed by atoms with Crippen molar-refractivity contribution in [1.82, 2.24) is 4.90 Å². The van der Waals surface area contributed by atoms with Crippen molar-refractivity contribution in [3.63, 3.8) is 0 Å². The second-order valence-electron chi connectivity index (χ2n) is 6.02. The number of rotatable bonds is 4. The maximum Gasteiger partial charge on any atom is 0.119 e. The molecular formula is C17H25NO2. The maximum atomic E-state index is 10.1. The van der Waals surface area contributed by atoms with Gasteiger partial charge in [0.05, 0.1) is 6.10 Å². The van der Waals surface area contributed by atoms with Gasteiger partial charge in [0.2, 0.25) is 0 Å². The van der Waals surface area contributed by atoms with Gasteiger partial charge in [0.1, 0.15) is 12.4 Å². The van der Waals surface area contributed by atoms with E-state index in [0.717, 1.165) is 43.7 Å². The van der Waals surface area contributed by atoms with Gasteiger partial charge >= 0.3 is 0 Å². The predicted molar refractivity (Wildman–Crippen MR) is 80.1 cm³/mol. The molecule has 0 amide bonds. The first-order valence-electron chi connectivity index (χ1n) is 7.99. The van der Waals surface area contributed by atoms with Gasteiger partial charge in [-0.2, -0.15) is 0 Å². The van der Waals surface area contributed by atoms with Crippen LogP contribution in [0.5, 0.6) is 5.75 Å². The fourth-order valence-electron chi connectivity index (χ4n) is 3.32. The molecule has 0 saturated carbocycles. The molecule has 2 aliphatic rings. The Morgan fingerprint density at radius 2 is 2.00 bits per heavy atom. The van der Waals surface area contributed by atoms with Crippen molar-refractivity contribution < 1.29 is 9.84 Å². The standard InChI is InChI=1S/C17H25NO2/c19-17-6-4-5-14-7-8-15(13-16(14)17)20-12-11-18-9-2-1-3-10-18/h7-8,13,17,19H,1-6,9-12H2/t17-/m1/s1. The highest BCUT2D eigenvalue weighted by Crippen LogP contribution is 2.32. The number of nitrogens with zero attached hydrogens (tertiary/aromatic N) is 1. The molecule has 1 aromatic rings. The number of aliphatic hydroxyl groups excluding tert-OH is 1. The Morgan fingerprint density at radius 3 is 2.85 bits per heavy atom. The second-order valence-corrected chi connectivity index (χ2v) is 6.02. The van der Waals surface area contributed by atoms with Gasteiger partial charge in [-0.05, 0) is 68.5 Å². The molecule has 1 fully saturated rings. The van der Waals surface area contributed by atoms with Crippen molar-refractivity contribution in [2.24, 2.45) is 0 Å². The largest absolute Gasteiger partial charge is 0.492 e. The molecule has 0 aromatic heterocycles. The van der Waals surface area contributed by atoms with Crippen LogP contribution in [-0.4, -0.2) is 36.2 Å². The third kappa shape index (κ3) is 3.33. The van der Waals surface area contributed by atoms with Crippen LogP contribution in [0.3, 0.4) is 0 Å². The molecule has 3 nitrogen and oxygen atoms in total. The van der Waals surface area contributed by atoms with E-state index in [1.165, 1.54) is 37.9 Å². The summed E-state index contributed by atoms with van der Waals surface area (Å²) in [7, 11) is 0. The summed E-state index contributed by atoms with van der Waals surface area (Å²) in [5.41, 5.74) is 2.36. The first kappa shape index (κ1) is 13.9. The number of aryl methyl sites for hydroxylation is 1. The van der Waals surface area contributed by atoms with Crippen molar-refractivity contribution in [2.45, 2.75) is 44.6 Å². The quantitative estimate of drug-likeness (QED) is 0.917. The van der Waals surface area contributed by atoms with E-state index in [2.05, 4.69) is 11.0 Å². The lowest BCUT2D eigenvalue weighted by atomic mass is 9.89. The van der Waals surface area contributed by atoms with Gasteiger partial charge in [0.15, 0.2) is 0 Å². The number of fused-ring (bicyclic) bond motifs is 1. The summed E-state index contributed by atoms with van der Waals surface area (Å²) in [4.78, 5) is 2.48. The molecule has 1 N–H and O–H groups in total. The zero-order chi connectivity index (χ0) is 13.8. The first-order valence-corrected chi connectivity index (χ1v) is 7.99. The van der Waals surface area contributed by atoms with Crippen LogP contribution in [0.2, 0.25) is 0 Å². The van der Waals surface area contributed by atoms with Gasteiger partial charge in [-0.3, -0.25) is 4.90 Å². The fourth-order valence-corrected chi connectivity index (χ4v) is 3.32. The minimum Gasteiger partial charge on any atom is -0.492 e. The van der Waals surface area contributed by atoms with Crippen LogP contribution in [0.15, 0.2) is 18.2 Å². The zero-order valence-corrected chi connectivity index (χ0v) is 12.2. The minimum absolute atomic E-state index is 0.301. The average Bonchev–Trinajstić information content (AvgIpc) is 2.49. The van der Waals surface area contributed by atoms with E-state index in [0.29, 0.717) is 0 Å². The Labute approximate surface area is 121 Å². The van der Waals surface area contributed by atoms with Gasteiger partial charge in [-0.15, -0.1) is 0 Å². The highest BCUT2D eigenvalue weighted by atomic mass is 16.5. The van der Waals surface area contributed by atoms with Gasteiger partial charge in [0.25, 0.3) is 0 Å². The molecule has 20 heavy (non-hydrogen) atoms. The summed E-state index contributed by atoms with van der Waals surface area (Å²) in [5, 5.41) is 10.1. The number of ether oxygens (including phenoxy) is 1. The van der Waals surface area contributed by atoms with Crippen molar-refractivity contribution in [2.75, 3.05) is 26.2 Å². The zero-order valence-electron chi connectivity index (χ0n) is 12.2. The van der Waals surface area contributed by atoms with Crippen molar-refractivity contribution in [3.8, 4) is 5.75 Å². The van der Waals surface area contributed by atoms with E-state index in [-0.39, 0.29) is 6.10 Å². The molecule has 1 atom stereocenters. The van der Waals surface area contributed by atoms with Gasteiger partial charge in [-0.1, -0.05) is 12.5 Å². The van der Waals surface area contributed by atoms with Crippen LogP contribution in [0.1, 0.15) is 49.3 Å². The van der Waals surface area contributed by atoms with E-state index < -0.39 is 0 Å².